The molecular formula is C11H20N2O. The SMILES string of the molecule is CO/C(N)=C(/C=NC1CCC1)C(C)C. The zero-order valence-electron chi connectivity index (χ0n) is 9.29. The molecule has 0 radical (unpaired) electrons. The van der Waals surface area contributed by atoms with Crippen molar-refractivity contribution >= 4 is 6.21 Å². The van der Waals surface area contributed by atoms with Crippen LogP contribution in [0.15, 0.2) is 16.4 Å². The van der Waals surface area contributed by atoms with Crippen LogP contribution in [0.3, 0.4) is 0 Å². The molecule has 0 spiro atoms. The number of hydrogen-bond donors (Lipinski definition) is 1. The van der Waals surface area contributed by atoms with E-state index in [-0.39, 0.29) is 0 Å². The van der Waals surface area contributed by atoms with Crippen LogP contribution < -0.4 is 5.73 Å². The van der Waals surface area contributed by atoms with Crippen LogP contribution in [0.25, 0.3) is 0 Å². The van der Waals surface area contributed by atoms with E-state index in [4.69, 9.17) is 10.5 Å². The second kappa shape index (κ2) is 5.03. The number of aliphatic imine (C=N–C) groups is 1. The van der Waals surface area contributed by atoms with Crippen molar-refractivity contribution in [2.75, 3.05) is 7.11 Å². The van der Waals surface area contributed by atoms with Gasteiger partial charge >= 0.3 is 0 Å². The summed E-state index contributed by atoms with van der Waals surface area (Å²) < 4.78 is 5.02. The molecule has 0 amide bonds. The van der Waals surface area contributed by atoms with E-state index < -0.39 is 0 Å². The molecule has 0 aromatic rings. The molecule has 80 valence electrons. The highest BCUT2D eigenvalue weighted by Crippen LogP contribution is 2.22. The lowest BCUT2D eigenvalue weighted by Gasteiger charge is -2.21. The Morgan fingerprint density at radius 3 is 2.50 bits per heavy atom. The fourth-order valence-electron chi connectivity index (χ4n) is 1.34. The first kappa shape index (κ1) is 11.1. The van der Waals surface area contributed by atoms with Gasteiger partial charge in [0.2, 0.25) is 0 Å². The van der Waals surface area contributed by atoms with E-state index in [2.05, 4.69) is 18.8 Å². The topological polar surface area (TPSA) is 47.6 Å². The first-order chi connectivity index (χ1) is 6.65. The van der Waals surface area contributed by atoms with Gasteiger partial charge in [-0.25, -0.2) is 0 Å². The Labute approximate surface area is 86.0 Å². The maximum Gasteiger partial charge on any atom is 0.188 e. The molecule has 3 heteroatoms. The van der Waals surface area contributed by atoms with Crippen LogP contribution in [-0.4, -0.2) is 19.4 Å². The molecule has 0 heterocycles. The van der Waals surface area contributed by atoms with Gasteiger partial charge in [-0.1, -0.05) is 13.8 Å². The van der Waals surface area contributed by atoms with Gasteiger partial charge in [0, 0.05) is 17.8 Å². The Balaban J connectivity index is 2.63. The van der Waals surface area contributed by atoms with Crippen molar-refractivity contribution in [3.63, 3.8) is 0 Å². The molecule has 0 aliphatic heterocycles. The molecule has 14 heavy (non-hydrogen) atoms. The van der Waals surface area contributed by atoms with Crippen molar-refractivity contribution in [3.05, 3.63) is 11.5 Å². The smallest absolute Gasteiger partial charge is 0.188 e. The maximum atomic E-state index is 5.73. The van der Waals surface area contributed by atoms with Crippen molar-refractivity contribution in [2.24, 2.45) is 16.6 Å². The van der Waals surface area contributed by atoms with Crippen molar-refractivity contribution in [3.8, 4) is 0 Å². The number of hydrogen-bond acceptors (Lipinski definition) is 3. The van der Waals surface area contributed by atoms with Crippen molar-refractivity contribution in [2.45, 2.75) is 39.2 Å². The van der Waals surface area contributed by atoms with Gasteiger partial charge in [0.05, 0.1) is 7.11 Å². The first-order valence-electron chi connectivity index (χ1n) is 5.22. The summed E-state index contributed by atoms with van der Waals surface area (Å²) in [5, 5.41) is 0. The lowest BCUT2D eigenvalue weighted by atomic mass is 9.93. The second-order valence-electron chi connectivity index (χ2n) is 4.04. The zero-order valence-corrected chi connectivity index (χ0v) is 9.29. The molecule has 1 aliphatic carbocycles. The molecule has 1 fully saturated rings. The summed E-state index contributed by atoms with van der Waals surface area (Å²) in [6, 6.07) is 0.522. The van der Waals surface area contributed by atoms with E-state index in [1.165, 1.54) is 19.3 Å². The average molecular weight is 196 g/mol. The Hall–Kier alpha value is -0.990. The van der Waals surface area contributed by atoms with Crippen molar-refractivity contribution < 1.29 is 4.74 Å². The highest BCUT2D eigenvalue weighted by molar-refractivity contribution is 5.79. The third-order valence-electron chi connectivity index (χ3n) is 2.63. The summed E-state index contributed by atoms with van der Waals surface area (Å²) in [7, 11) is 1.59. The largest absolute Gasteiger partial charge is 0.482 e. The highest BCUT2D eigenvalue weighted by Gasteiger charge is 2.15. The van der Waals surface area contributed by atoms with Crippen molar-refractivity contribution in [1.82, 2.24) is 0 Å². The van der Waals surface area contributed by atoms with Gasteiger partial charge in [0.15, 0.2) is 5.88 Å². The Bertz CT molecular complexity index is 240. The molecule has 0 unspecified atom stereocenters. The fraction of sp³-hybridized carbons (Fsp3) is 0.727. The molecule has 1 rings (SSSR count). The van der Waals surface area contributed by atoms with E-state index in [0.717, 1.165) is 5.57 Å². The molecule has 2 N–H and O–H groups in total. The molecule has 0 aromatic carbocycles. The molecule has 0 aromatic heterocycles. The van der Waals surface area contributed by atoms with E-state index in [9.17, 15) is 0 Å². The molecular weight excluding hydrogens is 176 g/mol. The van der Waals surface area contributed by atoms with Gasteiger partial charge in [-0.05, 0) is 25.2 Å². The number of nitrogens with two attached hydrogens (primary N) is 1. The third-order valence-corrected chi connectivity index (χ3v) is 2.63. The lowest BCUT2D eigenvalue weighted by Crippen LogP contribution is -2.16. The van der Waals surface area contributed by atoms with Gasteiger partial charge in [0.1, 0.15) is 0 Å². The lowest BCUT2D eigenvalue weighted by molar-refractivity contribution is 0.281. The molecule has 1 aliphatic rings. The predicted octanol–water partition coefficient (Wildman–Crippen LogP) is 2.08. The van der Waals surface area contributed by atoms with Crippen LogP contribution in [0.4, 0.5) is 0 Å². The van der Waals surface area contributed by atoms with Gasteiger partial charge in [-0.2, -0.15) is 0 Å². The summed E-state index contributed by atoms with van der Waals surface area (Å²) in [5.74, 6) is 0.849. The normalized spacial score (nSPS) is 19.7. The number of methoxy groups -OCH3 is 1. The molecule has 0 saturated heterocycles. The molecule has 1 saturated carbocycles. The maximum absolute atomic E-state index is 5.73. The molecule has 0 atom stereocenters. The van der Waals surface area contributed by atoms with Crippen LogP contribution in [0, 0.1) is 5.92 Å². The van der Waals surface area contributed by atoms with Crippen molar-refractivity contribution in [1.29, 1.82) is 0 Å². The van der Waals surface area contributed by atoms with Crippen LogP contribution in [0.2, 0.25) is 0 Å². The van der Waals surface area contributed by atoms with Gasteiger partial charge in [-0.3, -0.25) is 4.99 Å². The van der Waals surface area contributed by atoms with E-state index >= 15 is 0 Å². The number of allylic oxidation sites excluding steroid dienone is 1. The minimum absolute atomic E-state index is 0.360. The van der Waals surface area contributed by atoms with Crippen LogP contribution in [0.5, 0.6) is 0 Å². The van der Waals surface area contributed by atoms with Gasteiger partial charge < -0.3 is 10.5 Å². The second-order valence-corrected chi connectivity index (χ2v) is 4.04. The quantitative estimate of drug-likeness (QED) is 0.553. The highest BCUT2D eigenvalue weighted by atomic mass is 16.5. The minimum atomic E-state index is 0.360. The number of ether oxygens (including phenoxy) is 1. The molecule has 0 bridgehead atoms. The van der Waals surface area contributed by atoms with E-state index in [1.54, 1.807) is 7.11 Å². The Morgan fingerprint density at radius 1 is 1.50 bits per heavy atom. The Morgan fingerprint density at radius 2 is 2.14 bits per heavy atom. The summed E-state index contributed by atoms with van der Waals surface area (Å²) in [6.45, 7) is 4.18. The molecule has 3 nitrogen and oxygen atoms in total. The van der Waals surface area contributed by atoms with Crippen LogP contribution in [0.1, 0.15) is 33.1 Å². The summed E-state index contributed by atoms with van der Waals surface area (Å²) in [6.07, 6.45) is 5.62. The van der Waals surface area contributed by atoms with Gasteiger partial charge in [-0.15, -0.1) is 0 Å². The third kappa shape index (κ3) is 2.76. The van der Waals surface area contributed by atoms with E-state index in [1.807, 2.05) is 6.21 Å². The standard InChI is InChI=1S/C11H20N2O/c1-8(2)10(11(12)14-3)7-13-9-5-4-6-9/h7-9H,4-6,12H2,1-3H3/b11-10-,13-7?. The predicted molar refractivity (Wildman–Crippen MR) is 59.2 cm³/mol. The number of rotatable bonds is 4. The average Bonchev–Trinajstić information content (AvgIpc) is 2.07. The minimum Gasteiger partial charge on any atom is -0.482 e. The first-order valence-corrected chi connectivity index (χ1v) is 5.22. The Kier molecular flexibility index (Phi) is 3.98. The summed E-state index contributed by atoms with van der Waals surface area (Å²) >= 11 is 0. The summed E-state index contributed by atoms with van der Waals surface area (Å²) in [4.78, 5) is 4.48. The van der Waals surface area contributed by atoms with Crippen LogP contribution >= 0.6 is 0 Å². The fourth-order valence-corrected chi connectivity index (χ4v) is 1.34. The van der Waals surface area contributed by atoms with Gasteiger partial charge in [0.25, 0.3) is 0 Å². The van der Waals surface area contributed by atoms with Crippen LogP contribution in [-0.2, 0) is 4.74 Å². The number of nitrogens with zero attached hydrogens (tertiary/aromatic N) is 1. The zero-order chi connectivity index (χ0) is 10.6. The monoisotopic (exact) mass is 196 g/mol. The van der Waals surface area contributed by atoms with E-state index in [0.29, 0.717) is 17.8 Å². The summed E-state index contributed by atoms with van der Waals surface area (Å²) in [5.41, 5.74) is 6.73.